The van der Waals surface area contributed by atoms with Crippen LogP contribution >= 0.6 is 0 Å². The molecule has 1 heterocycles. The molecule has 3 N–H and O–H groups in total. The molecule has 20 heavy (non-hydrogen) atoms. The highest BCUT2D eigenvalue weighted by Gasteiger charge is 2.14. The highest BCUT2D eigenvalue weighted by Crippen LogP contribution is 2.13. The minimum atomic E-state index is -1.73. The Labute approximate surface area is 126 Å². The fourth-order valence-electron chi connectivity index (χ4n) is 2.05. The molecule has 2 unspecified atom stereocenters. The van der Waals surface area contributed by atoms with Gasteiger partial charge in [0.2, 0.25) is 0 Å². The molecular weight excluding hydrogens is 272 g/mol. The summed E-state index contributed by atoms with van der Waals surface area (Å²) in [5.74, 6) is 0.711. The topological polar surface area (TPSA) is 65.7 Å². The van der Waals surface area contributed by atoms with E-state index in [0.717, 1.165) is 6.54 Å². The van der Waals surface area contributed by atoms with Gasteiger partial charge in [0.1, 0.15) is 0 Å². The number of nitrogens with one attached hydrogen (secondary N) is 1. The monoisotopic (exact) mass is 306 g/mol. The Morgan fingerprint density at radius 2 is 1.65 bits per heavy atom. The van der Waals surface area contributed by atoms with Crippen LogP contribution < -0.4 is 11.1 Å². The van der Waals surface area contributed by atoms with Crippen molar-refractivity contribution in [3.8, 4) is 0 Å². The third-order valence-electron chi connectivity index (χ3n) is 3.24. The molecule has 0 amide bonds. The molecule has 1 aliphatic heterocycles. The molecule has 0 spiro atoms. The van der Waals surface area contributed by atoms with Crippen molar-refractivity contribution in [3.05, 3.63) is 0 Å². The predicted molar refractivity (Wildman–Crippen MR) is 85.9 cm³/mol. The molecule has 0 aromatic carbocycles. The first-order valence-electron chi connectivity index (χ1n) is 7.96. The van der Waals surface area contributed by atoms with Crippen molar-refractivity contribution in [3.63, 3.8) is 0 Å². The normalized spacial score (nSPS) is 21.0. The molecule has 0 bridgehead atoms. The van der Waals surface area contributed by atoms with E-state index < -0.39 is 9.53 Å². The summed E-state index contributed by atoms with van der Waals surface area (Å²) >= 11 is 0. The summed E-state index contributed by atoms with van der Waals surface area (Å²) in [4.78, 5) is 0. The summed E-state index contributed by atoms with van der Waals surface area (Å²) in [6.45, 7) is 12.3. The summed E-state index contributed by atoms with van der Waals surface area (Å²) in [6.07, 6.45) is 3.98. The van der Waals surface area contributed by atoms with Gasteiger partial charge in [-0.1, -0.05) is 6.42 Å². The molecule has 0 aromatic rings. The first kappa shape index (κ1) is 20.0. The smallest absolute Gasteiger partial charge is 0.376 e. The van der Waals surface area contributed by atoms with Gasteiger partial charge < -0.3 is 24.3 Å². The molecule has 6 heteroatoms. The van der Waals surface area contributed by atoms with Gasteiger partial charge in [0, 0.05) is 25.9 Å². The first-order chi connectivity index (χ1) is 9.65. The van der Waals surface area contributed by atoms with E-state index in [1.807, 2.05) is 20.8 Å². The quantitative estimate of drug-likeness (QED) is 0.698. The van der Waals surface area contributed by atoms with E-state index in [1.54, 1.807) is 0 Å². The Kier molecular flexibility index (Phi) is 14.0. The van der Waals surface area contributed by atoms with Gasteiger partial charge in [0.25, 0.3) is 0 Å². The molecule has 0 radical (unpaired) electrons. The molecule has 0 aromatic heterocycles. The SMILES string of the molecule is CC(N)C1CCCCNC1.CCO[SiH](OCC)OCC. The highest BCUT2D eigenvalue weighted by atomic mass is 28.3. The zero-order valence-electron chi connectivity index (χ0n) is 13.7. The molecule has 1 fully saturated rings. The van der Waals surface area contributed by atoms with Gasteiger partial charge in [-0.05, 0) is 59.5 Å². The molecule has 5 nitrogen and oxygen atoms in total. The van der Waals surface area contributed by atoms with Crippen molar-refractivity contribution >= 4 is 9.53 Å². The standard InChI is InChI=1S/C8H18N2.C6H16O3Si/c1-7(9)8-4-2-3-5-10-6-8;1-4-7-10(8-5-2)9-6-3/h7-8,10H,2-6,9H2,1H3;10H,4-6H2,1-3H3. The maximum atomic E-state index is 5.80. The minimum Gasteiger partial charge on any atom is -0.376 e. The van der Waals surface area contributed by atoms with Gasteiger partial charge in [-0.25, -0.2) is 0 Å². The van der Waals surface area contributed by atoms with Crippen molar-refractivity contribution in [2.75, 3.05) is 32.9 Å². The lowest BCUT2D eigenvalue weighted by molar-refractivity contribution is 0.107. The third kappa shape index (κ3) is 10.8. The molecule has 1 rings (SSSR count). The largest absolute Gasteiger partial charge is 0.484 e. The summed E-state index contributed by atoms with van der Waals surface area (Å²) < 4.78 is 15.7. The van der Waals surface area contributed by atoms with Crippen molar-refractivity contribution in [1.29, 1.82) is 0 Å². The fourth-order valence-corrected chi connectivity index (χ4v) is 3.15. The van der Waals surface area contributed by atoms with E-state index >= 15 is 0 Å². The lowest BCUT2D eigenvalue weighted by Gasteiger charge is -2.17. The summed E-state index contributed by atoms with van der Waals surface area (Å²) in [6, 6.07) is 0.366. The summed E-state index contributed by atoms with van der Waals surface area (Å²) in [7, 11) is -1.73. The van der Waals surface area contributed by atoms with Crippen molar-refractivity contribution in [2.24, 2.45) is 11.7 Å². The van der Waals surface area contributed by atoms with Crippen LogP contribution in [0, 0.1) is 5.92 Å². The number of hydrogen-bond acceptors (Lipinski definition) is 5. The van der Waals surface area contributed by atoms with E-state index in [2.05, 4.69) is 12.2 Å². The predicted octanol–water partition coefficient (Wildman–Crippen LogP) is 1.54. The molecule has 2 atom stereocenters. The van der Waals surface area contributed by atoms with Gasteiger partial charge in [-0.2, -0.15) is 0 Å². The van der Waals surface area contributed by atoms with E-state index in [0.29, 0.717) is 31.8 Å². The van der Waals surface area contributed by atoms with E-state index in [-0.39, 0.29) is 0 Å². The fraction of sp³-hybridized carbons (Fsp3) is 1.00. The zero-order valence-corrected chi connectivity index (χ0v) is 14.8. The molecular formula is C14H34N2O3Si. The van der Waals surface area contributed by atoms with Gasteiger partial charge >= 0.3 is 9.53 Å². The van der Waals surface area contributed by atoms with Gasteiger partial charge in [-0.3, -0.25) is 0 Å². The second-order valence-corrected chi connectivity index (χ2v) is 6.55. The number of rotatable bonds is 7. The summed E-state index contributed by atoms with van der Waals surface area (Å²) in [5, 5.41) is 3.40. The Balaban J connectivity index is 0.000000361. The Hall–Kier alpha value is 0.0169. The van der Waals surface area contributed by atoms with E-state index in [4.69, 9.17) is 19.0 Å². The number of nitrogens with two attached hydrogens (primary N) is 1. The van der Waals surface area contributed by atoms with Crippen molar-refractivity contribution in [2.45, 2.75) is 53.0 Å². The van der Waals surface area contributed by atoms with Crippen LogP contribution in [0.1, 0.15) is 47.0 Å². The average molecular weight is 307 g/mol. The Morgan fingerprint density at radius 3 is 2.10 bits per heavy atom. The van der Waals surface area contributed by atoms with E-state index in [9.17, 15) is 0 Å². The third-order valence-corrected chi connectivity index (χ3v) is 5.05. The maximum Gasteiger partial charge on any atom is 0.484 e. The van der Waals surface area contributed by atoms with Gasteiger partial charge in [0.05, 0.1) is 0 Å². The zero-order chi connectivity index (χ0) is 15.2. The lowest BCUT2D eigenvalue weighted by atomic mass is 9.97. The second kappa shape index (κ2) is 14.0. The molecule has 1 saturated heterocycles. The highest BCUT2D eigenvalue weighted by molar-refractivity contribution is 6.36. The van der Waals surface area contributed by atoms with Crippen molar-refractivity contribution < 1.29 is 13.3 Å². The molecule has 0 aliphatic carbocycles. The Bertz CT molecular complexity index is 187. The van der Waals surface area contributed by atoms with Crippen LogP contribution in [0.5, 0.6) is 0 Å². The van der Waals surface area contributed by atoms with Crippen LogP contribution in [-0.4, -0.2) is 48.5 Å². The first-order valence-corrected chi connectivity index (χ1v) is 9.38. The van der Waals surface area contributed by atoms with Crippen LogP contribution in [-0.2, 0) is 13.3 Å². The Morgan fingerprint density at radius 1 is 1.10 bits per heavy atom. The van der Waals surface area contributed by atoms with Crippen LogP contribution in [0.2, 0.25) is 0 Å². The lowest BCUT2D eigenvalue weighted by Crippen LogP contribution is -2.33. The average Bonchev–Trinajstić information content (AvgIpc) is 2.69. The minimum absolute atomic E-state index is 0.366. The van der Waals surface area contributed by atoms with E-state index in [1.165, 1.54) is 25.8 Å². The van der Waals surface area contributed by atoms with Crippen molar-refractivity contribution in [1.82, 2.24) is 5.32 Å². The second-order valence-electron chi connectivity index (χ2n) is 4.97. The van der Waals surface area contributed by atoms with Gasteiger partial charge in [-0.15, -0.1) is 0 Å². The van der Waals surface area contributed by atoms with Crippen LogP contribution in [0.15, 0.2) is 0 Å². The maximum absolute atomic E-state index is 5.80. The van der Waals surface area contributed by atoms with Gasteiger partial charge in [0.15, 0.2) is 0 Å². The van der Waals surface area contributed by atoms with Crippen LogP contribution in [0.25, 0.3) is 0 Å². The molecule has 0 saturated carbocycles. The van der Waals surface area contributed by atoms with Crippen LogP contribution in [0.3, 0.4) is 0 Å². The number of hydrogen-bond donors (Lipinski definition) is 2. The van der Waals surface area contributed by atoms with Crippen LogP contribution in [0.4, 0.5) is 0 Å². The molecule has 122 valence electrons. The summed E-state index contributed by atoms with van der Waals surface area (Å²) in [5.41, 5.74) is 5.80. The molecule has 1 aliphatic rings.